The van der Waals surface area contributed by atoms with Crippen LogP contribution in [-0.2, 0) is 17.6 Å². The summed E-state index contributed by atoms with van der Waals surface area (Å²) in [4.78, 5) is 21.7. The second-order valence-corrected chi connectivity index (χ2v) is 4.80. The number of hydrogen-bond donors (Lipinski definition) is 0. The minimum atomic E-state index is 0.106. The SMILES string of the molecule is CN(CCc1ccncc1)C(=O)Cc1cscn1. The van der Waals surface area contributed by atoms with Gasteiger partial charge in [0.05, 0.1) is 17.6 Å². The Labute approximate surface area is 110 Å². The molecule has 0 aliphatic carbocycles. The Morgan fingerprint density at radius 3 is 2.83 bits per heavy atom. The standard InChI is InChI=1S/C13H15N3OS/c1-16(7-4-11-2-5-14-6-3-11)13(17)8-12-9-18-10-15-12/h2-3,5-6,9-10H,4,7-8H2,1H3. The molecule has 0 radical (unpaired) electrons. The van der Waals surface area contributed by atoms with Crippen LogP contribution >= 0.6 is 11.3 Å². The van der Waals surface area contributed by atoms with Gasteiger partial charge in [-0.1, -0.05) is 0 Å². The lowest BCUT2D eigenvalue weighted by molar-refractivity contribution is -0.129. The molecule has 4 nitrogen and oxygen atoms in total. The zero-order valence-electron chi connectivity index (χ0n) is 10.2. The topological polar surface area (TPSA) is 46.1 Å². The highest BCUT2D eigenvalue weighted by atomic mass is 32.1. The van der Waals surface area contributed by atoms with Crippen LogP contribution in [0.3, 0.4) is 0 Å². The number of carbonyl (C=O) groups excluding carboxylic acids is 1. The molecule has 18 heavy (non-hydrogen) atoms. The number of amides is 1. The minimum absolute atomic E-state index is 0.106. The Kier molecular flexibility index (Phi) is 4.41. The summed E-state index contributed by atoms with van der Waals surface area (Å²) in [5.41, 5.74) is 3.79. The van der Waals surface area contributed by atoms with E-state index in [4.69, 9.17) is 0 Å². The first-order valence-electron chi connectivity index (χ1n) is 5.75. The first kappa shape index (κ1) is 12.7. The molecule has 0 unspecified atom stereocenters. The zero-order chi connectivity index (χ0) is 12.8. The van der Waals surface area contributed by atoms with Crippen molar-refractivity contribution in [3.05, 3.63) is 46.7 Å². The van der Waals surface area contributed by atoms with Crippen molar-refractivity contribution in [2.24, 2.45) is 0 Å². The number of nitrogens with zero attached hydrogens (tertiary/aromatic N) is 3. The molecule has 0 aliphatic rings. The number of hydrogen-bond acceptors (Lipinski definition) is 4. The summed E-state index contributed by atoms with van der Waals surface area (Å²) < 4.78 is 0. The van der Waals surface area contributed by atoms with E-state index in [2.05, 4.69) is 9.97 Å². The van der Waals surface area contributed by atoms with E-state index in [0.717, 1.165) is 12.1 Å². The van der Waals surface area contributed by atoms with E-state index in [-0.39, 0.29) is 5.91 Å². The number of carbonyl (C=O) groups is 1. The van der Waals surface area contributed by atoms with Gasteiger partial charge >= 0.3 is 0 Å². The largest absolute Gasteiger partial charge is 0.345 e. The third-order valence-corrected chi connectivity index (χ3v) is 3.36. The Morgan fingerprint density at radius 2 is 2.17 bits per heavy atom. The highest BCUT2D eigenvalue weighted by Crippen LogP contribution is 2.04. The third-order valence-electron chi connectivity index (χ3n) is 2.73. The summed E-state index contributed by atoms with van der Waals surface area (Å²) in [6, 6.07) is 3.94. The first-order chi connectivity index (χ1) is 8.75. The summed E-state index contributed by atoms with van der Waals surface area (Å²) >= 11 is 1.51. The van der Waals surface area contributed by atoms with E-state index in [9.17, 15) is 4.79 Å². The minimum Gasteiger partial charge on any atom is -0.345 e. The van der Waals surface area contributed by atoms with E-state index in [1.165, 1.54) is 16.9 Å². The van der Waals surface area contributed by atoms with Gasteiger partial charge in [-0.05, 0) is 24.1 Å². The third kappa shape index (κ3) is 3.63. The fraction of sp³-hybridized carbons (Fsp3) is 0.308. The van der Waals surface area contributed by atoms with E-state index >= 15 is 0 Å². The zero-order valence-corrected chi connectivity index (χ0v) is 11.1. The van der Waals surface area contributed by atoms with E-state index in [1.807, 2.05) is 24.6 Å². The van der Waals surface area contributed by atoms with Gasteiger partial charge < -0.3 is 4.90 Å². The summed E-state index contributed by atoms with van der Waals surface area (Å²) in [6.45, 7) is 0.715. The molecule has 0 atom stereocenters. The average Bonchev–Trinajstić information content (AvgIpc) is 2.90. The lowest BCUT2D eigenvalue weighted by Crippen LogP contribution is -2.30. The summed E-state index contributed by atoms with van der Waals surface area (Å²) in [5, 5.41) is 1.91. The van der Waals surface area contributed by atoms with Gasteiger partial charge in [0.1, 0.15) is 0 Å². The molecule has 0 spiro atoms. The summed E-state index contributed by atoms with van der Waals surface area (Å²) in [7, 11) is 1.83. The van der Waals surface area contributed by atoms with E-state index in [1.54, 1.807) is 22.8 Å². The fourth-order valence-corrected chi connectivity index (χ4v) is 2.14. The Bertz CT molecular complexity index is 484. The van der Waals surface area contributed by atoms with Crippen molar-refractivity contribution in [2.75, 3.05) is 13.6 Å². The van der Waals surface area contributed by atoms with Crippen LogP contribution in [0.4, 0.5) is 0 Å². The van der Waals surface area contributed by atoms with Crippen LogP contribution in [0.5, 0.6) is 0 Å². The van der Waals surface area contributed by atoms with Crippen LogP contribution in [-0.4, -0.2) is 34.4 Å². The van der Waals surface area contributed by atoms with Crippen molar-refractivity contribution in [2.45, 2.75) is 12.8 Å². The van der Waals surface area contributed by atoms with Gasteiger partial charge in [-0.3, -0.25) is 9.78 Å². The molecule has 0 fully saturated rings. The van der Waals surface area contributed by atoms with Gasteiger partial charge in [-0.25, -0.2) is 4.98 Å². The second kappa shape index (κ2) is 6.26. The molecule has 2 aromatic heterocycles. The highest BCUT2D eigenvalue weighted by molar-refractivity contribution is 7.07. The van der Waals surface area contributed by atoms with Gasteiger partial charge in [0.25, 0.3) is 0 Å². The molecular weight excluding hydrogens is 246 g/mol. The highest BCUT2D eigenvalue weighted by Gasteiger charge is 2.10. The molecule has 2 heterocycles. The fourth-order valence-electron chi connectivity index (χ4n) is 1.59. The molecule has 0 N–H and O–H groups in total. The summed E-state index contributed by atoms with van der Waals surface area (Å²) in [5.74, 6) is 0.106. The van der Waals surface area contributed by atoms with Crippen molar-refractivity contribution >= 4 is 17.2 Å². The van der Waals surface area contributed by atoms with Gasteiger partial charge in [0.2, 0.25) is 5.91 Å². The molecule has 5 heteroatoms. The van der Waals surface area contributed by atoms with E-state index in [0.29, 0.717) is 13.0 Å². The number of likely N-dealkylation sites (N-methyl/N-ethyl adjacent to an activating group) is 1. The van der Waals surface area contributed by atoms with Gasteiger partial charge in [0.15, 0.2) is 0 Å². The molecule has 0 aliphatic heterocycles. The number of thiazole rings is 1. The lowest BCUT2D eigenvalue weighted by Gasteiger charge is -2.16. The molecule has 0 bridgehead atoms. The van der Waals surface area contributed by atoms with Crippen LogP contribution < -0.4 is 0 Å². The van der Waals surface area contributed by atoms with Crippen LogP contribution in [0.1, 0.15) is 11.3 Å². The molecular formula is C13H15N3OS. The van der Waals surface area contributed by atoms with Crippen molar-refractivity contribution in [3.63, 3.8) is 0 Å². The number of aromatic nitrogens is 2. The molecule has 0 saturated heterocycles. The average molecular weight is 261 g/mol. The van der Waals surface area contributed by atoms with Gasteiger partial charge in [-0.15, -0.1) is 11.3 Å². The van der Waals surface area contributed by atoms with Crippen LogP contribution in [0.15, 0.2) is 35.4 Å². The predicted molar refractivity (Wildman–Crippen MR) is 71.4 cm³/mol. The first-order valence-corrected chi connectivity index (χ1v) is 6.70. The monoisotopic (exact) mass is 261 g/mol. The lowest BCUT2D eigenvalue weighted by atomic mass is 10.2. The molecule has 0 aromatic carbocycles. The molecule has 2 rings (SSSR count). The molecule has 0 saturated carbocycles. The normalized spacial score (nSPS) is 10.3. The molecule has 94 valence electrons. The van der Waals surface area contributed by atoms with Crippen LogP contribution in [0, 0.1) is 0 Å². The van der Waals surface area contributed by atoms with Gasteiger partial charge in [0, 0.05) is 31.4 Å². The second-order valence-electron chi connectivity index (χ2n) is 4.08. The van der Waals surface area contributed by atoms with Crippen molar-refractivity contribution in [3.8, 4) is 0 Å². The Balaban J connectivity index is 1.81. The summed E-state index contributed by atoms with van der Waals surface area (Å²) in [6.07, 6.45) is 4.77. The maximum Gasteiger partial charge on any atom is 0.228 e. The Hall–Kier alpha value is -1.75. The van der Waals surface area contributed by atoms with E-state index < -0.39 is 0 Å². The maximum atomic E-state index is 11.9. The molecule has 1 amide bonds. The smallest absolute Gasteiger partial charge is 0.228 e. The van der Waals surface area contributed by atoms with Crippen LogP contribution in [0.2, 0.25) is 0 Å². The number of pyridine rings is 1. The predicted octanol–water partition coefficient (Wildman–Crippen LogP) is 1.78. The number of rotatable bonds is 5. The molecule has 2 aromatic rings. The van der Waals surface area contributed by atoms with Gasteiger partial charge in [-0.2, -0.15) is 0 Å². The van der Waals surface area contributed by atoms with Crippen LogP contribution in [0.25, 0.3) is 0 Å². The van der Waals surface area contributed by atoms with Crippen molar-refractivity contribution in [1.82, 2.24) is 14.9 Å². The quantitative estimate of drug-likeness (QED) is 0.824. The maximum absolute atomic E-state index is 11.9. The van der Waals surface area contributed by atoms with Crippen molar-refractivity contribution in [1.29, 1.82) is 0 Å². The Morgan fingerprint density at radius 1 is 1.39 bits per heavy atom. The van der Waals surface area contributed by atoms with Crippen molar-refractivity contribution < 1.29 is 4.79 Å².